The Labute approximate surface area is 76.5 Å². The van der Waals surface area contributed by atoms with Crippen LogP contribution >= 0.6 is 11.6 Å². The summed E-state index contributed by atoms with van der Waals surface area (Å²) in [4.78, 5) is 0. The highest BCUT2D eigenvalue weighted by atomic mass is 35.5. The van der Waals surface area contributed by atoms with Crippen molar-refractivity contribution in [3.8, 4) is 5.75 Å². The second kappa shape index (κ2) is 2.96. The maximum atomic E-state index is 6.02. The molecule has 1 aliphatic rings. The molecule has 0 saturated carbocycles. The summed E-state index contributed by atoms with van der Waals surface area (Å²) in [6.45, 7) is 1.03. The highest BCUT2D eigenvalue weighted by Crippen LogP contribution is 2.31. The van der Waals surface area contributed by atoms with Crippen LogP contribution in [0, 0.1) is 0 Å². The van der Waals surface area contributed by atoms with Crippen molar-refractivity contribution >= 4 is 11.6 Å². The van der Waals surface area contributed by atoms with Crippen LogP contribution in [0.3, 0.4) is 0 Å². The summed E-state index contributed by atoms with van der Waals surface area (Å²) in [5.41, 5.74) is 1.16. The first-order valence-electron chi connectivity index (χ1n) is 3.88. The van der Waals surface area contributed by atoms with E-state index in [9.17, 15) is 0 Å². The van der Waals surface area contributed by atoms with Crippen LogP contribution in [0.2, 0.25) is 5.02 Å². The van der Waals surface area contributed by atoms with Crippen molar-refractivity contribution in [1.29, 1.82) is 0 Å². The molecule has 1 heterocycles. The lowest BCUT2D eigenvalue weighted by Gasteiger charge is -2.03. The van der Waals surface area contributed by atoms with Crippen LogP contribution in [0.1, 0.15) is 11.6 Å². The van der Waals surface area contributed by atoms with Crippen LogP contribution in [-0.2, 0) is 0 Å². The molecule has 0 radical (unpaired) electrons. The SMILES string of the molecule is COc1ccc(C2CN2)c(Cl)c1. The molecule has 1 fully saturated rings. The summed E-state index contributed by atoms with van der Waals surface area (Å²) in [5, 5.41) is 3.99. The molecular weight excluding hydrogens is 174 g/mol. The summed E-state index contributed by atoms with van der Waals surface area (Å²) < 4.78 is 5.05. The van der Waals surface area contributed by atoms with Gasteiger partial charge >= 0.3 is 0 Å². The van der Waals surface area contributed by atoms with Gasteiger partial charge in [0.05, 0.1) is 7.11 Å². The van der Waals surface area contributed by atoms with Crippen molar-refractivity contribution in [1.82, 2.24) is 5.32 Å². The van der Waals surface area contributed by atoms with Gasteiger partial charge in [0.25, 0.3) is 0 Å². The van der Waals surface area contributed by atoms with Gasteiger partial charge in [-0.05, 0) is 17.7 Å². The van der Waals surface area contributed by atoms with Crippen molar-refractivity contribution in [2.24, 2.45) is 0 Å². The summed E-state index contributed by atoms with van der Waals surface area (Å²) in [6, 6.07) is 6.24. The topological polar surface area (TPSA) is 31.2 Å². The van der Waals surface area contributed by atoms with E-state index < -0.39 is 0 Å². The molecule has 0 bridgehead atoms. The van der Waals surface area contributed by atoms with Crippen LogP contribution in [0.4, 0.5) is 0 Å². The number of rotatable bonds is 2. The normalized spacial score (nSPS) is 20.7. The number of nitrogens with one attached hydrogen (secondary N) is 1. The van der Waals surface area contributed by atoms with Gasteiger partial charge < -0.3 is 10.1 Å². The Morgan fingerprint density at radius 2 is 2.33 bits per heavy atom. The zero-order valence-electron chi connectivity index (χ0n) is 6.80. The molecule has 1 aliphatic heterocycles. The zero-order valence-corrected chi connectivity index (χ0v) is 7.56. The Bertz CT molecular complexity index is 297. The van der Waals surface area contributed by atoms with E-state index in [-0.39, 0.29) is 0 Å². The van der Waals surface area contributed by atoms with E-state index in [1.165, 1.54) is 0 Å². The molecule has 1 aromatic rings. The number of hydrogen-bond donors (Lipinski definition) is 1. The van der Waals surface area contributed by atoms with Crippen molar-refractivity contribution in [3.63, 3.8) is 0 Å². The third kappa shape index (κ3) is 1.40. The average molecular weight is 184 g/mol. The van der Waals surface area contributed by atoms with Crippen LogP contribution < -0.4 is 10.1 Å². The van der Waals surface area contributed by atoms with E-state index in [1.807, 2.05) is 18.2 Å². The maximum Gasteiger partial charge on any atom is 0.120 e. The van der Waals surface area contributed by atoms with Gasteiger partial charge in [-0.15, -0.1) is 0 Å². The first kappa shape index (κ1) is 7.90. The monoisotopic (exact) mass is 183 g/mol. The molecule has 0 spiro atoms. The van der Waals surface area contributed by atoms with Crippen molar-refractivity contribution < 1.29 is 4.74 Å². The Kier molecular flexibility index (Phi) is 1.95. The fourth-order valence-corrected chi connectivity index (χ4v) is 1.50. The first-order chi connectivity index (χ1) is 5.81. The van der Waals surface area contributed by atoms with Gasteiger partial charge in [-0.2, -0.15) is 0 Å². The largest absolute Gasteiger partial charge is 0.497 e. The molecule has 0 aromatic heterocycles. The van der Waals surface area contributed by atoms with E-state index in [0.29, 0.717) is 6.04 Å². The Morgan fingerprint density at radius 1 is 1.58 bits per heavy atom. The summed E-state index contributed by atoms with van der Waals surface area (Å²) in [7, 11) is 1.64. The van der Waals surface area contributed by atoms with Gasteiger partial charge in [0.15, 0.2) is 0 Å². The molecule has 0 aliphatic carbocycles. The van der Waals surface area contributed by atoms with E-state index in [2.05, 4.69) is 5.32 Å². The van der Waals surface area contributed by atoms with E-state index in [1.54, 1.807) is 7.11 Å². The molecular formula is C9H10ClNO. The second-order valence-electron chi connectivity index (χ2n) is 2.85. The molecule has 2 nitrogen and oxygen atoms in total. The van der Waals surface area contributed by atoms with Crippen LogP contribution in [0.15, 0.2) is 18.2 Å². The standard InChI is InChI=1S/C9H10ClNO/c1-12-6-2-3-7(8(10)4-6)9-5-11-9/h2-4,9,11H,5H2,1H3. The Hall–Kier alpha value is -0.730. The smallest absolute Gasteiger partial charge is 0.120 e. The third-order valence-corrected chi connectivity index (χ3v) is 2.32. The Morgan fingerprint density at radius 3 is 2.83 bits per heavy atom. The van der Waals surface area contributed by atoms with Crippen LogP contribution in [-0.4, -0.2) is 13.7 Å². The van der Waals surface area contributed by atoms with Gasteiger partial charge in [-0.25, -0.2) is 0 Å². The lowest BCUT2D eigenvalue weighted by molar-refractivity contribution is 0.414. The van der Waals surface area contributed by atoms with Crippen LogP contribution in [0.5, 0.6) is 5.75 Å². The van der Waals surface area contributed by atoms with Gasteiger partial charge in [0.2, 0.25) is 0 Å². The zero-order chi connectivity index (χ0) is 8.55. The highest BCUT2D eigenvalue weighted by Gasteiger charge is 2.24. The molecule has 12 heavy (non-hydrogen) atoms. The predicted molar refractivity (Wildman–Crippen MR) is 48.7 cm³/mol. The lowest BCUT2D eigenvalue weighted by Crippen LogP contribution is -1.88. The second-order valence-corrected chi connectivity index (χ2v) is 3.26. The minimum absolute atomic E-state index is 0.461. The average Bonchev–Trinajstić information content (AvgIpc) is 2.87. The number of benzene rings is 1. The minimum atomic E-state index is 0.461. The van der Waals surface area contributed by atoms with Gasteiger partial charge in [-0.1, -0.05) is 17.7 Å². The molecule has 1 unspecified atom stereocenters. The Balaban J connectivity index is 2.32. The quantitative estimate of drug-likeness (QED) is 0.711. The van der Waals surface area contributed by atoms with Gasteiger partial charge in [-0.3, -0.25) is 0 Å². The number of ether oxygens (including phenoxy) is 1. The maximum absolute atomic E-state index is 6.02. The molecule has 2 rings (SSSR count). The summed E-state index contributed by atoms with van der Waals surface area (Å²) in [5.74, 6) is 0.810. The molecule has 1 N–H and O–H groups in total. The predicted octanol–water partition coefficient (Wildman–Crippen LogP) is 1.99. The molecule has 0 amide bonds. The molecule has 1 saturated heterocycles. The highest BCUT2D eigenvalue weighted by molar-refractivity contribution is 6.31. The molecule has 1 aromatic carbocycles. The fraction of sp³-hybridized carbons (Fsp3) is 0.333. The number of methoxy groups -OCH3 is 1. The third-order valence-electron chi connectivity index (χ3n) is 1.99. The molecule has 3 heteroatoms. The van der Waals surface area contributed by atoms with E-state index in [4.69, 9.17) is 16.3 Å². The number of halogens is 1. The van der Waals surface area contributed by atoms with E-state index >= 15 is 0 Å². The van der Waals surface area contributed by atoms with Gasteiger partial charge in [0.1, 0.15) is 5.75 Å². The van der Waals surface area contributed by atoms with E-state index in [0.717, 1.165) is 22.9 Å². The van der Waals surface area contributed by atoms with Crippen LogP contribution in [0.25, 0.3) is 0 Å². The fourth-order valence-electron chi connectivity index (χ4n) is 1.20. The summed E-state index contributed by atoms with van der Waals surface area (Å²) in [6.07, 6.45) is 0. The lowest BCUT2D eigenvalue weighted by atomic mass is 10.1. The molecule has 1 atom stereocenters. The minimum Gasteiger partial charge on any atom is -0.497 e. The number of hydrogen-bond acceptors (Lipinski definition) is 2. The first-order valence-corrected chi connectivity index (χ1v) is 4.26. The van der Waals surface area contributed by atoms with Gasteiger partial charge in [0, 0.05) is 17.6 Å². The van der Waals surface area contributed by atoms with Crippen molar-refractivity contribution in [2.75, 3.05) is 13.7 Å². The summed E-state index contributed by atoms with van der Waals surface area (Å²) >= 11 is 6.02. The molecule has 64 valence electrons. The van der Waals surface area contributed by atoms with Crippen molar-refractivity contribution in [2.45, 2.75) is 6.04 Å². The van der Waals surface area contributed by atoms with Crippen molar-refractivity contribution in [3.05, 3.63) is 28.8 Å².